The molecule has 0 spiro atoms. The SMILES string of the molecule is CN(CCC#N)C(=O)CN1CCOCC1(C)C. The van der Waals surface area contributed by atoms with Crippen LogP contribution in [0.4, 0.5) is 0 Å². The summed E-state index contributed by atoms with van der Waals surface area (Å²) < 4.78 is 5.41. The largest absolute Gasteiger partial charge is 0.378 e. The molecule has 0 bridgehead atoms. The molecule has 1 aliphatic rings. The molecule has 1 aliphatic heterocycles. The van der Waals surface area contributed by atoms with Gasteiger partial charge in [0.1, 0.15) is 0 Å². The van der Waals surface area contributed by atoms with Gasteiger partial charge in [-0.2, -0.15) is 5.26 Å². The monoisotopic (exact) mass is 239 g/mol. The van der Waals surface area contributed by atoms with Crippen molar-refractivity contribution in [2.75, 3.05) is 39.9 Å². The van der Waals surface area contributed by atoms with E-state index in [1.54, 1.807) is 11.9 Å². The first-order valence-electron chi connectivity index (χ1n) is 5.91. The number of nitrogens with zero attached hydrogens (tertiary/aromatic N) is 3. The molecule has 1 amide bonds. The Labute approximate surface area is 103 Å². The van der Waals surface area contributed by atoms with E-state index < -0.39 is 0 Å². The van der Waals surface area contributed by atoms with Gasteiger partial charge in [0, 0.05) is 25.7 Å². The lowest BCUT2D eigenvalue weighted by atomic mass is 10.0. The Balaban J connectivity index is 2.47. The molecule has 0 unspecified atom stereocenters. The summed E-state index contributed by atoms with van der Waals surface area (Å²) in [5.74, 6) is 0.0650. The maximum absolute atomic E-state index is 11.9. The fourth-order valence-corrected chi connectivity index (χ4v) is 1.81. The van der Waals surface area contributed by atoms with Crippen molar-refractivity contribution in [2.45, 2.75) is 25.8 Å². The third-order valence-corrected chi connectivity index (χ3v) is 3.13. The van der Waals surface area contributed by atoms with Gasteiger partial charge >= 0.3 is 0 Å². The molecule has 0 saturated carbocycles. The molecule has 0 aliphatic carbocycles. The summed E-state index contributed by atoms with van der Waals surface area (Å²) in [5.41, 5.74) is -0.0933. The molecule has 5 heteroatoms. The number of nitriles is 1. The van der Waals surface area contributed by atoms with Gasteiger partial charge in [-0.3, -0.25) is 9.69 Å². The Bertz CT molecular complexity index is 309. The molecule has 1 heterocycles. The lowest BCUT2D eigenvalue weighted by molar-refractivity contribution is -0.136. The normalized spacial score (nSPS) is 19.6. The smallest absolute Gasteiger partial charge is 0.236 e. The number of hydrogen-bond acceptors (Lipinski definition) is 4. The lowest BCUT2D eigenvalue weighted by Crippen LogP contribution is -2.55. The summed E-state index contributed by atoms with van der Waals surface area (Å²) in [4.78, 5) is 15.7. The average molecular weight is 239 g/mol. The van der Waals surface area contributed by atoms with Crippen molar-refractivity contribution in [1.29, 1.82) is 5.26 Å². The van der Waals surface area contributed by atoms with E-state index in [-0.39, 0.29) is 11.4 Å². The van der Waals surface area contributed by atoms with Crippen LogP contribution in [0.25, 0.3) is 0 Å². The minimum atomic E-state index is -0.0933. The standard InChI is InChI=1S/C12H21N3O2/c1-12(2)10-17-8-7-15(12)9-11(16)14(3)6-4-5-13/h4,6-10H2,1-3H3. The lowest BCUT2D eigenvalue weighted by Gasteiger charge is -2.42. The Morgan fingerprint density at radius 2 is 2.29 bits per heavy atom. The second-order valence-corrected chi connectivity index (χ2v) is 5.01. The van der Waals surface area contributed by atoms with Crippen LogP contribution >= 0.6 is 0 Å². The number of ether oxygens (including phenoxy) is 1. The van der Waals surface area contributed by atoms with E-state index in [1.807, 2.05) is 6.07 Å². The minimum Gasteiger partial charge on any atom is -0.378 e. The predicted molar refractivity (Wildman–Crippen MR) is 64.3 cm³/mol. The van der Waals surface area contributed by atoms with E-state index in [1.165, 1.54) is 0 Å². The van der Waals surface area contributed by atoms with Gasteiger partial charge in [-0.25, -0.2) is 0 Å². The number of hydrogen-bond donors (Lipinski definition) is 0. The number of morpholine rings is 1. The van der Waals surface area contributed by atoms with Crippen molar-refractivity contribution in [2.24, 2.45) is 0 Å². The van der Waals surface area contributed by atoms with E-state index in [0.717, 1.165) is 6.54 Å². The Kier molecular flexibility index (Phi) is 4.91. The van der Waals surface area contributed by atoms with Crippen LogP contribution in [0.15, 0.2) is 0 Å². The summed E-state index contributed by atoms with van der Waals surface area (Å²) in [7, 11) is 1.74. The van der Waals surface area contributed by atoms with Crippen LogP contribution < -0.4 is 0 Å². The van der Waals surface area contributed by atoms with E-state index in [2.05, 4.69) is 18.7 Å². The molecule has 0 aromatic rings. The summed E-state index contributed by atoms with van der Waals surface area (Å²) in [6.45, 7) is 7.17. The molecule has 0 aromatic carbocycles. The van der Waals surface area contributed by atoms with Crippen molar-refractivity contribution in [3.8, 4) is 6.07 Å². The fraction of sp³-hybridized carbons (Fsp3) is 0.833. The number of carbonyl (C=O) groups excluding carboxylic acids is 1. The number of amides is 1. The second kappa shape index (κ2) is 5.99. The zero-order valence-corrected chi connectivity index (χ0v) is 10.9. The first-order valence-corrected chi connectivity index (χ1v) is 5.91. The molecule has 0 aromatic heterocycles. The third-order valence-electron chi connectivity index (χ3n) is 3.13. The Hall–Kier alpha value is -1.12. The molecule has 1 fully saturated rings. The highest BCUT2D eigenvalue weighted by molar-refractivity contribution is 5.78. The van der Waals surface area contributed by atoms with Crippen LogP contribution in [0.3, 0.4) is 0 Å². The van der Waals surface area contributed by atoms with Crippen LogP contribution in [0.5, 0.6) is 0 Å². The van der Waals surface area contributed by atoms with Gasteiger partial charge in [-0.05, 0) is 13.8 Å². The summed E-state index contributed by atoms with van der Waals surface area (Å²) in [5, 5.41) is 8.49. The first-order chi connectivity index (χ1) is 7.97. The highest BCUT2D eigenvalue weighted by Gasteiger charge is 2.32. The van der Waals surface area contributed by atoms with Crippen LogP contribution in [0, 0.1) is 11.3 Å². The van der Waals surface area contributed by atoms with Crippen LogP contribution in [0.2, 0.25) is 0 Å². The second-order valence-electron chi connectivity index (χ2n) is 5.01. The van der Waals surface area contributed by atoms with E-state index in [9.17, 15) is 4.79 Å². The first kappa shape index (κ1) is 13.9. The maximum atomic E-state index is 11.9. The van der Waals surface area contributed by atoms with Gasteiger partial charge in [0.05, 0.1) is 32.2 Å². The topological polar surface area (TPSA) is 56.6 Å². The Morgan fingerprint density at radius 3 is 2.88 bits per heavy atom. The van der Waals surface area contributed by atoms with E-state index >= 15 is 0 Å². The molecule has 0 N–H and O–H groups in total. The summed E-state index contributed by atoms with van der Waals surface area (Å²) in [6.07, 6.45) is 0.384. The van der Waals surface area contributed by atoms with E-state index in [4.69, 9.17) is 10.00 Å². The molecule has 1 rings (SSSR count). The van der Waals surface area contributed by atoms with Crippen molar-refractivity contribution in [1.82, 2.24) is 9.80 Å². The molecule has 0 radical (unpaired) electrons. The van der Waals surface area contributed by atoms with E-state index in [0.29, 0.717) is 32.7 Å². The maximum Gasteiger partial charge on any atom is 0.236 e. The zero-order valence-electron chi connectivity index (χ0n) is 10.9. The van der Waals surface area contributed by atoms with Crippen LogP contribution in [0.1, 0.15) is 20.3 Å². The van der Waals surface area contributed by atoms with Crippen molar-refractivity contribution in [3.63, 3.8) is 0 Å². The van der Waals surface area contributed by atoms with Gasteiger partial charge in [0.15, 0.2) is 0 Å². The third kappa shape index (κ3) is 3.99. The number of rotatable bonds is 4. The predicted octanol–water partition coefficient (Wildman–Crippen LogP) is 0.469. The zero-order chi connectivity index (χ0) is 12.9. The quantitative estimate of drug-likeness (QED) is 0.715. The minimum absolute atomic E-state index is 0.0650. The highest BCUT2D eigenvalue weighted by Crippen LogP contribution is 2.18. The molecule has 96 valence electrons. The van der Waals surface area contributed by atoms with Gasteiger partial charge in [0.2, 0.25) is 5.91 Å². The van der Waals surface area contributed by atoms with Crippen molar-refractivity contribution >= 4 is 5.91 Å². The van der Waals surface area contributed by atoms with Gasteiger partial charge in [-0.15, -0.1) is 0 Å². The van der Waals surface area contributed by atoms with Crippen molar-refractivity contribution < 1.29 is 9.53 Å². The Morgan fingerprint density at radius 1 is 1.59 bits per heavy atom. The van der Waals surface area contributed by atoms with Gasteiger partial charge < -0.3 is 9.64 Å². The molecule has 0 atom stereocenters. The summed E-state index contributed by atoms with van der Waals surface area (Å²) in [6, 6.07) is 2.05. The van der Waals surface area contributed by atoms with Crippen LogP contribution in [-0.4, -0.2) is 61.1 Å². The molecule has 17 heavy (non-hydrogen) atoms. The molecule has 1 saturated heterocycles. The van der Waals surface area contributed by atoms with Crippen LogP contribution in [-0.2, 0) is 9.53 Å². The number of carbonyl (C=O) groups is 1. The molecular weight excluding hydrogens is 218 g/mol. The fourth-order valence-electron chi connectivity index (χ4n) is 1.81. The van der Waals surface area contributed by atoms with Gasteiger partial charge in [-0.1, -0.05) is 0 Å². The molecular formula is C12H21N3O2. The molecule has 5 nitrogen and oxygen atoms in total. The van der Waals surface area contributed by atoms with Crippen molar-refractivity contribution in [3.05, 3.63) is 0 Å². The highest BCUT2D eigenvalue weighted by atomic mass is 16.5. The van der Waals surface area contributed by atoms with Gasteiger partial charge in [0.25, 0.3) is 0 Å². The summed E-state index contributed by atoms with van der Waals surface area (Å²) >= 11 is 0. The average Bonchev–Trinajstić information content (AvgIpc) is 2.28. The number of likely N-dealkylation sites (N-methyl/N-ethyl adjacent to an activating group) is 1.